The number of hydrogen-bond acceptors (Lipinski definition) is 2. The second-order valence-electron chi connectivity index (χ2n) is 2.65. The van der Waals surface area contributed by atoms with Gasteiger partial charge in [0.2, 0.25) is 0 Å². The number of rotatable bonds is 4. The van der Waals surface area contributed by atoms with Gasteiger partial charge in [0.1, 0.15) is 5.82 Å². The van der Waals surface area contributed by atoms with Gasteiger partial charge in [0.15, 0.2) is 0 Å². The highest BCUT2D eigenvalue weighted by molar-refractivity contribution is 4.91. The second-order valence-corrected chi connectivity index (χ2v) is 2.65. The first kappa shape index (κ1) is 9.00. The van der Waals surface area contributed by atoms with Crippen LogP contribution in [-0.4, -0.2) is 16.1 Å². The van der Waals surface area contributed by atoms with Gasteiger partial charge in [0, 0.05) is 26.0 Å². The van der Waals surface area contributed by atoms with Crippen LogP contribution in [0, 0.1) is 0 Å². The summed E-state index contributed by atoms with van der Waals surface area (Å²) in [7, 11) is 2.00. The number of nitrogens with one attached hydrogen (secondary N) is 1. The third-order valence-electron chi connectivity index (χ3n) is 1.70. The van der Waals surface area contributed by atoms with Gasteiger partial charge < -0.3 is 9.88 Å². The van der Waals surface area contributed by atoms with E-state index >= 15 is 0 Å². The zero-order chi connectivity index (χ0) is 8.81. The molecular weight excluding hydrogens is 150 g/mol. The number of nitrogens with zero attached hydrogens (tertiary/aromatic N) is 2. The van der Waals surface area contributed by atoms with Crippen molar-refractivity contribution in [3.63, 3.8) is 0 Å². The third-order valence-corrected chi connectivity index (χ3v) is 1.70. The minimum atomic E-state index is 0.827. The number of hydrogen-bond donors (Lipinski definition) is 1. The Balaban J connectivity index is 2.28. The summed E-state index contributed by atoms with van der Waals surface area (Å²) in [6, 6.07) is 0. The smallest absolute Gasteiger partial charge is 0.122 e. The summed E-state index contributed by atoms with van der Waals surface area (Å²) in [6.45, 7) is 3.75. The molecule has 0 fully saturated rings. The van der Waals surface area contributed by atoms with E-state index in [4.69, 9.17) is 0 Å². The van der Waals surface area contributed by atoms with Crippen molar-refractivity contribution in [2.24, 2.45) is 7.05 Å². The van der Waals surface area contributed by atoms with E-state index in [-0.39, 0.29) is 0 Å². The molecule has 0 atom stereocenters. The van der Waals surface area contributed by atoms with Gasteiger partial charge >= 0.3 is 0 Å². The molecule has 12 heavy (non-hydrogen) atoms. The molecule has 0 radical (unpaired) electrons. The molecule has 66 valence electrons. The van der Waals surface area contributed by atoms with E-state index in [1.807, 2.05) is 37.0 Å². The molecule has 1 rings (SSSR count). The molecule has 1 heterocycles. The van der Waals surface area contributed by atoms with Crippen LogP contribution in [0.25, 0.3) is 0 Å². The largest absolute Gasteiger partial charge is 0.337 e. The average Bonchev–Trinajstić information content (AvgIpc) is 2.46. The monoisotopic (exact) mass is 165 g/mol. The van der Waals surface area contributed by atoms with E-state index in [2.05, 4.69) is 16.4 Å². The lowest BCUT2D eigenvalue weighted by molar-refractivity contribution is 0.680. The van der Waals surface area contributed by atoms with Crippen LogP contribution < -0.4 is 5.32 Å². The number of aromatic nitrogens is 2. The lowest BCUT2D eigenvalue weighted by atomic mass is 10.5. The van der Waals surface area contributed by atoms with E-state index in [0.29, 0.717) is 0 Å². The van der Waals surface area contributed by atoms with Crippen molar-refractivity contribution in [1.82, 2.24) is 14.9 Å². The molecule has 1 aromatic heterocycles. The van der Waals surface area contributed by atoms with Crippen molar-refractivity contribution < 1.29 is 0 Å². The highest BCUT2D eigenvalue weighted by atomic mass is 15.1. The molecule has 0 spiro atoms. The fourth-order valence-electron chi connectivity index (χ4n) is 0.952. The Kier molecular flexibility index (Phi) is 3.54. The zero-order valence-electron chi connectivity index (χ0n) is 7.62. The highest BCUT2D eigenvalue weighted by Crippen LogP contribution is 1.91. The van der Waals surface area contributed by atoms with Gasteiger partial charge in [-0.05, 0) is 6.92 Å². The van der Waals surface area contributed by atoms with Crippen LogP contribution in [0.1, 0.15) is 12.7 Å². The van der Waals surface area contributed by atoms with E-state index < -0.39 is 0 Å². The lowest BCUT2D eigenvalue weighted by Crippen LogP contribution is -2.15. The zero-order valence-corrected chi connectivity index (χ0v) is 7.62. The molecule has 0 saturated heterocycles. The molecule has 0 unspecified atom stereocenters. The van der Waals surface area contributed by atoms with Crippen LogP contribution in [0.5, 0.6) is 0 Å². The van der Waals surface area contributed by atoms with Gasteiger partial charge in [0.25, 0.3) is 0 Å². The van der Waals surface area contributed by atoms with E-state index in [9.17, 15) is 0 Å². The van der Waals surface area contributed by atoms with Crippen molar-refractivity contribution in [3.8, 4) is 0 Å². The Morgan fingerprint density at radius 3 is 3.08 bits per heavy atom. The van der Waals surface area contributed by atoms with Gasteiger partial charge in [0.05, 0.1) is 6.54 Å². The molecule has 0 aliphatic rings. The molecule has 0 bridgehead atoms. The maximum Gasteiger partial charge on any atom is 0.122 e. The average molecular weight is 165 g/mol. The van der Waals surface area contributed by atoms with Gasteiger partial charge in [-0.15, -0.1) is 0 Å². The first-order valence-electron chi connectivity index (χ1n) is 4.12. The lowest BCUT2D eigenvalue weighted by Gasteiger charge is -2.01. The topological polar surface area (TPSA) is 29.9 Å². The SMILES string of the molecule is C/C=C/CNCc1nccn1C. The van der Waals surface area contributed by atoms with Gasteiger partial charge in [-0.2, -0.15) is 0 Å². The first-order chi connectivity index (χ1) is 5.84. The molecular formula is C9H15N3. The summed E-state index contributed by atoms with van der Waals surface area (Å²) in [4.78, 5) is 4.19. The van der Waals surface area contributed by atoms with E-state index in [1.165, 1.54) is 0 Å². The molecule has 3 nitrogen and oxygen atoms in total. The molecule has 0 aliphatic heterocycles. The normalized spacial score (nSPS) is 11.2. The van der Waals surface area contributed by atoms with Gasteiger partial charge in [-0.25, -0.2) is 4.98 Å². The molecule has 3 heteroatoms. The minimum absolute atomic E-state index is 0.827. The first-order valence-corrected chi connectivity index (χ1v) is 4.12. The maximum absolute atomic E-state index is 4.19. The van der Waals surface area contributed by atoms with Gasteiger partial charge in [-0.3, -0.25) is 0 Å². The Bertz CT molecular complexity index is 250. The third kappa shape index (κ3) is 2.51. The van der Waals surface area contributed by atoms with Crippen molar-refractivity contribution in [3.05, 3.63) is 30.4 Å². The van der Waals surface area contributed by atoms with E-state index in [0.717, 1.165) is 18.9 Å². The van der Waals surface area contributed by atoms with Crippen molar-refractivity contribution >= 4 is 0 Å². The minimum Gasteiger partial charge on any atom is -0.337 e. The Hall–Kier alpha value is -1.09. The standard InChI is InChI=1S/C9H15N3/c1-3-4-5-10-8-9-11-6-7-12(9)2/h3-4,6-7,10H,5,8H2,1-2H3/b4-3+. The predicted octanol–water partition coefficient (Wildman–Crippen LogP) is 1.09. The van der Waals surface area contributed by atoms with Crippen LogP contribution in [0.15, 0.2) is 24.5 Å². The Morgan fingerprint density at radius 1 is 1.67 bits per heavy atom. The maximum atomic E-state index is 4.19. The summed E-state index contributed by atoms with van der Waals surface area (Å²) in [6.07, 6.45) is 7.88. The molecule has 1 aromatic rings. The number of allylic oxidation sites excluding steroid dienone is 1. The second kappa shape index (κ2) is 4.72. The fraction of sp³-hybridized carbons (Fsp3) is 0.444. The number of imidazole rings is 1. The quantitative estimate of drug-likeness (QED) is 0.534. The summed E-state index contributed by atoms with van der Waals surface area (Å²) in [5.41, 5.74) is 0. The van der Waals surface area contributed by atoms with Crippen LogP contribution in [0.2, 0.25) is 0 Å². The predicted molar refractivity (Wildman–Crippen MR) is 49.7 cm³/mol. The summed E-state index contributed by atoms with van der Waals surface area (Å²) >= 11 is 0. The summed E-state index contributed by atoms with van der Waals surface area (Å²) < 4.78 is 2.02. The molecule has 0 saturated carbocycles. The highest BCUT2D eigenvalue weighted by Gasteiger charge is 1.95. The van der Waals surface area contributed by atoms with Crippen molar-refractivity contribution in [1.29, 1.82) is 0 Å². The molecule has 0 aliphatic carbocycles. The summed E-state index contributed by atoms with van der Waals surface area (Å²) in [5, 5.41) is 3.26. The van der Waals surface area contributed by atoms with Crippen molar-refractivity contribution in [2.75, 3.05) is 6.54 Å². The van der Waals surface area contributed by atoms with E-state index in [1.54, 1.807) is 0 Å². The van der Waals surface area contributed by atoms with Crippen LogP contribution >= 0.6 is 0 Å². The fourth-order valence-corrected chi connectivity index (χ4v) is 0.952. The number of aryl methyl sites for hydroxylation is 1. The van der Waals surface area contributed by atoms with Crippen LogP contribution in [0.4, 0.5) is 0 Å². The molecule has 0 aromatic carbocycles. The van der Waals surface area contributed by atoms with Gasteiger partial charge in [-0.1, -0.05) is 12.2 Å². The van der Waals surface area contributed by atoms with Crippen molar-refractivity contribution in [2.45, 2.75) is 13.5 Å². The Labute approximate surface area is 73.1 Å². The molecule has 1 N–H and O–H groups in total. The Morgan fingerprint density at radius 2 is 2.50 bits per heavy atom. The molecule has 0 amide bonds. The van der Waals surface area contributed by atoms with Crippen LogP contribution in [-0.2, 0) is 13.6 Å². The van der Waals surface area contributed by atoms with Crippen LogP contribution in [0.3, 0.4) is 0 Å². The summed E-state index contributed by atoms with van der Waals surface area (Å²) in [5.74, 6) is 1.07.